The highest BCUT2D eigenvalue weighted by Gasteiger charge is 2.24. The lowest BCUT2D eigenvalue weighted by Gasteiger charge is -2.27. The van der Waals surface area contributed by atoms with Gasteiger partial charge >= 0.3 is 0 Å². The van der Waals surface area contributed by atoms with Crippen molar-refractivity contribution in [3.8, 4) is 11.5 Å². The molecular weight excluding hydrogens is 240 g/mol. The first-order valence-electron chi connectivity index (χ1n) is 7.01. The number of hydrogen-bond acceptors (Lipinski definition) is 4. The summed E-state index contributed by atoms with van der Waals surface area (Å²) in [5.41, 5.74) is 1.32. The molecule has 2 aliphatic heterocycles. The van der Waals surface area contributed by atoms with Gasteiger partial charge in [0.1, 0.15) is 0 Å². The Morgan fingerprint density at radius 1 is 1.32 bits per heavy atom. The van der Waals surface area contributed by atoms with Gasteiger partial charge in [-0.05, 0) is 63.6 Å². The maximum Gasteiger partial charge on any atom is 0.231 e. The van der Waals surface area contributed by atoms with E-state index in [-0.39, 0.29) is 0 Å². The number of benzene rings is 1. The Labute approximate surface area is 114 Å². The maximum absolute atomic E-state index is 5.49. The molecule has 2 aliphatic rings. The summed E-state index contributed by atoms with van der Waals surface area (Å²) >= 11 is 0. The minimum atomic E-state index is 0.345. The predicted molar refractivity (Wildman–Crippen MR) is 74.6 cm³/mol. The summed E-state index contributed by atoms with van der Waals surface area (Å²) in [7, 11) is 4.30. The summed E-state index contributed by atoms with van der Waals surface area (Å²) in [6.07, 6.45) is 2.48. The van der Waals surface area contributed by atoms with Gasteiger partial charge in [-0.2, -0.15) is 0 Å². The lowest BCUT2D eigenvalue weighted by Crippen LogP contribution is -2.23. The van der Waals surface area contributed by atoms with Gasteiger partial charge < -0.3 is 19.7 Å². The van der Waals surface area contributed by atoms with Gasteiger partial charge in [0, 0.05) is 6.04 Å². The molecule has 4 nitrogen and oxygen atoms in total. The van der Waals surface area contributed by atoms with Crippen molar-refractivity contribution in [2.75, 3.05) is 34.0 Å². The van der Waals surface area contributed by atoms with E-state index in [2.05, 4.69) is 36.4 Å². The first kappa shape index (κ1) is 12.8. The Balaban J connectivity index is 1.79. The quantitative estimate of drug-likeness (QED) is 0.900. The van der Waals surface area contributed by atoms with Gasteiger partial charge in [-0.3, -0.25) is 0 Å². The van der Waals surface area contributed by atoms with Crippen LogP contribution in [0.25, 0.3) is 0 Å². The van der Waals surface area contributed by atoms with Crippen LogP contribution in [0.5, 0.6) is 11.5 Å². The van der Waals surface area contributed by atoms with Crippen LogP contribution in [-0.2, 0) is 0 Å². The van der Waals surface area contributed by atoms with Crippen molar-refractivity contribution < 1.29 is 9.47 Å². The fraction of sp³-hybridized carbons (Fsp3) is 0.600. The molecule has 0 aromatic heterocycles. The molecule has 2 unspecified atom stereocenters. The summed E-state index contributed by atoms with van der Waals surface area (Å²) in [5, 5.41) is 3.45. The monoisotopic (exact) mass is 262 g/mol. The van der Waals surface area contributed by atoms with E-state index in [1.54, 1.807) is 0 Å². The molecule has 1 aromatic carbocycles. The Hall–Kier alpha value is -1.26. The van der Waals surface area contributed by atoms with Crippen molar-refractivity contribution in [1.82, 2.24) is 10.2 Å². The van der Waals surface area contributed by atoms with E-state index in [0.29, 0.717) is 12.8 Å². The van der Waals surface area contributed by atoms with Gasteiger partial charge in [0.2, 0.25) is 6.79 Å². The normalized spacial score (nSPS) is 23.0. The van der Waals surface area contributed by atoms with Crippen LogP contribution in [0.1, 0.15) is 24.4 Å². The Morgan fingerprint density at radius 2 is 2.16 bits per heavy atom. The Kier molecular flexibility index (Phi) is 3.62. The SMILES string of the molecule is CN(C)C(CC1CCNC1)c1ccc2c(c1)OCO2. The van der Waals surface area contributed by atoms with Gasteiger partial charge in [-0.15, -0.1) is 0 Å². The molecule has 4 heteroatoms. The molecule has 0 bridgehead atoms. The van der Waals surface area contributed by atoms with Crippen molar-refractivity contribution >= 4 is 0 Å². The topological polar surface area (TPSA) is 33.7 Å². The Bertz CT molecular complexity index is 442. The summed E-state index contributed by atoms with van der Waals surface area (Å²) in [6.45, 7) is 2.65. The molecule has 1 N–H and O–H groups in total. The van der Waals surface area contributed by atoms with Crippen molar-refractivity contribution in [3.05, 3.63) is 23.8 Å². The van der Waals surface area contributed by atoms with Crippen molar-refractivity contribution in [3.63, 3.8) is 0 Å². The number of nitrogens with zero attached hydrogens (tertiary/aromatic N) is 1. The van der Waals surface area contributed by atoms with Crippen LogP contribution in [0.3, 0.4) is 0 Å². The van der Waals surface area contributed by atoms with E-state index in [1.165, 1.54) is 18.4 Å². The molecule has 0 saturated carbocycles. The number of rotatable bonds is 4. The zero-order valence-electron chi connectivity index (χ0n) is 11.7. The highest BCUT2D eigenvalue weighted by molar-refractivity contribution is 5.45. The lowest BCUT2D eigenvalue weighted by molar-refractivity contribution is 0.173. The van der Waals surface area contributed by atoms with Gasteiger partial charge in [-0.1, -0.05) is 6.07 Å². The van der Waals surface area contributed by atoms with Gasteiger partial charge in [-0.25, -0.2) is 0 Å². The third-order valence-electron chi connectivity index (χ3n) is 4.12. The molecule has 104 valence electrons. The second-order valence-electron chi connectivity index (χ2n) is 5.69. The second kappa shape index (κ2) is 5.39. The van der Waals surface area contributed by atoms with Crippen LogP contribution in [0.4, 0.5) is 0 Å². The van der Waals surface area contributed by atoms with E-state index in [0.717, 1.165) is 30.5 Å². The predicted octanol–water partition coefficient (Wildman–Crippen LogP) is 2.02. The van der Waals surface area contributed by atoms with Crippen LogP contribution in [0.15, 0.2) is 18.2 Å². The van der Waals surface area contributed by atoms with Crippen molar-refractivity contribution in [1.29, 1.82) is 0 Å². The molecule has 0 radical (unpaired) electrons. The van der Waals surface area contributed by atoms with E-state index < -0.39 is 0 Å². The fourth-order valence-corrected chi connectivity index (χ4v) is 3.00. The molecule has 1 saturated heterocycles. The number of ether oxygens (including phenoxy) is 2. The molecule has 2 atom stereocenters. The summed E-state index contributed by atoms with van der Waals surface area (Å²) in [6, 6.07) is 6.77. The minimum absolute atomic E-state index is 0.345. The van der Waals surface area contributed by atoms with E-state index in [4.69, 9.17) is 9.47 Å². The van der Waals surface area contributed by atoms with E-state index in [1.807, 2.05) is 6.07 Å². The molecule has 2 heterocycles. The minimum Gasteiger partial charge on any atom is -0.454 e. The van der Waals surface area contributed by atoms with Crippen LogP contribution in [-0.4, -0.2) is 38.9 Å². The number of hydrogen-bond donors (Lipinski definition) is 1. The van der Waals surface area contributed by atoms with Gasteiger partial charge in [0.15, 0.2) is 11.5 Å². The summed E-state index contributed by atoms with van der Waals surface area (Å²) in [4.78, 5) is 2.30. The second-order valence-corrected chi connectivity index (χ2v) is 5.69. The van der Waals surface area contributed by atoms with Crippen LogP contribution in [0.2, 0.25) is 0 Å². The Morgan fingerprint density at radius 3 is 2.89 bits per heavy atom. The zero-order valence-corrected chi connectivity index (χ0v) is 11.7. The van der Waals surface area contributed by atoms with Gasteiger partial charge in [0.25, 0.3) is 0 Å². The van der Waals surface area contributed by atoms with Crippen LogP contribution < -0.4 is 14.8 Å². The van der Waals surface area contributed by atoms with E-state index >= 15 is 0 Å². The molecule has 19 heavy (non-hydrogen) atoms. The summed E-state index contributed by atoms with van der Waals surface area (Å²) < 4.78 is 10.9. The highest BCUT2D eigenvalue weighted by Crippen LogP contribution is 2.37. The average molecular weight is 262 g/mol. The van der Waals surface area contributed by atoms with E-state index in [9.17, 15) is 0 Å². The average Bonchev–Trinajstić information content (AvgIpc) is 3.05. The molecule has 0 spiro atoms. The molecule has 3 rings (SSSR count). The fourth-order valence-electron chi connectivity index (χ4n) is 3.00. The van der Waals surface area contributed by atoms with Crippen LogP contribution >= 0.6 is 0 Å². The summed E-state index contributed by atoms with van der Waals surface area (Å²) in [5.74, 6) is 2.52. The van der Waals surface area contributed by atoms with Crippen molar-refractivity contribution in [2.45, 2.75) is 18.9 Å². The van der Waals surface area contributed by atoms with Gasteiger partial charge in [0.05, 0.1) is 0 Å². The first-order valence-corrected chi connectivity index (χ1v) is 7.01. The molecule has 1 fully saturated rings. The number of nitrogens with one attached hydrogen (secondary N) is 1. The molecule has 1 aromatic rings. The molecule has 0 amide bonds. The largest absolute Gasteiger partial charge is 0.454 e. The standard InChI is InChI=1S/C15H22N2O2/c1-17(2)13(7-11-5-6-16-9-11)12-3-4-14-15(8-12)19-10-18-14/h3-4,8,11,13,16H,5-7,9-10H2,1-2H3. The molecule has 0 aliphatic carbocycles. The van der Waals surface area contributed by atoms with Crippen LogP contribution in [0, 0.1) is 5.92 Å². The first-order chi connectivity index (χ1) is 9.24. The zero-order chi connectivity index (χ0) is 13.2. The molecular formula is C15H22N2O2. The lowest BCUT2D eigenvalue weighted by atomic mass is 9.93. The smallest absolute Gasteiger partial charge is 0.231 e. The van der Waals surface area contributed by atoms with Crippen molar-refractivity contribution in [2.24, 2.45) is 5.92 Å². The highest BCUT2D eigenvalue weighted by atomic mass is 16.7. The number of fused-ring (bicyclic) bond motifs is 1. The third kappa shape index (κ3) is 2.69. The maximum atomic E-state index is 5.49. The third-order valence-corrected chi connectivity index (χ3v) is 4.12.